The Morgan fingerprint density at radius 3 is 1.26 bits per heavy atom. The zero-order chi connectivity index (χ0) is 58.1. The Balaban J connectivity index is 0.942. The van der Waals surface area contributed by atoms with Gasteiger partial charge in [0.05, 0.1) is 11.4 Å². The van der Waals surface area contributed by atoms with Crippen molar-refractivity contribution in [1.29, 1.82) is 0 Å². The monoisotopic (exact) mass is 1130 g/mol. The Kier molecular flexibility index (Phi) is 11.8. The summed E-state index contributed by atoms with van der Waals surface area (Å²) in [7, 11) is 0. The first kappa shape index (κ1) is 52.1. The van der Waals surface area contributed by atoms with Gasteiger partial charge in [0.25, 0.3) is 20.1 Å². The molecule has 9 aromatic carbocycles. The molecule has 18 rings (SSSR count). The van der Waals surface area contributed by atoms with Crippen LogP contribution in [-0.4, -0.2) is 20.1 Å². The van der Waals surface area contributed by atoms with E-state index in [1.807, 2.05) is 0 Å². The molecule has 0 amide bonds. The number of ether oxygens (including phenoxy) is 3. The molecule has 3 aliphatic carbocycles. The lowest BCUT2D eigenvalue weighted by atomic mass is 9.29. The van der Waals surface area contributed by atoms with Crippen LogP contribution in [0.5, 0.6) is 34.5 Å². The summed E-state index contributed by atoms with van der Waals surface area (Å²) in [5, 5.41) is 4.23. The summed E-state index contributed by atoms with van der Waals surface area (Å²) in [5.41, 5.74) is 33.1. The molecule has 0 radical (unpaired) electrons. The van der Waals surface area contributed by atoms with Crippen LogP contribution in [0, 0.1) is 41.5 Å². The summed E-state index contributed by atoms with van der Waals surface area (Å²) in [6.45, 7) is 13.6. The van der Waals surface area contributed by atoms with Gasteiger partial charge in [-0.15, -0.1) is 0 Å². The topological polar surface area (TPSA) is 46.2 Å². The molecule has 9 heteroatoms. The quantitative estimate of drug-likeness (QED) is 0.173. The summed E-state index contributed by atoms with van der Waals surface area (Å²) >= 11 is 0. The van der Waals surface area contributed by atoms with Crippen LogP contribution < -0.4 is 78.5 Å². The highest BCUT2D eigenvalue weighted by molar-refractivity contribution is 7.03. The summed E-state index contributed by atoms with van der Waals surface area (Å²) in [6.07, 6.45) is 18.8. The van der Waals surface area contributed by atoms with Crippen LogP contribution in [0.4, 0.5) is 45.5 Å². The van der Waals surface area contributed by atoms with E-state index in [0.717, 1.165) is 40.0 Å². The molecule has 9 aliphatic rings. The summed E-state index contributed by atoms with van der Waals surface area (Å²) in [6, 6.07) is 52.7. The second kappa shape index (κ2) is 19.7. The molecular formula is C78H74B3N3O3. The largest absolute Gasteiger partial charge is 0.458 e. The Morgan fingerprint density at radius 1 is 0.333 bits per heavy atom. The van der Waals surface area contributed by atoms with Gasteiger partial charge in [0.1, 0.15) is 34.5 Å². The fourth-order valence-electron chi connectivity index (χ4n) is 18.6. The van der Waals surface area contributed by atoms with Gasteiger partial charge in [0.15, 0.2) is 0 Å². The molecule has 6 heterocycles. The maximum atomic E-state index is 7.59. The molecule has 87 heavy (non-hydrogen) atoms. The minimum atomic E-state index is -0.144. The van der Waals surface area contributed by atoms with E-state index in [1.54, 1.807) is 0 Å². The average Bonchev–Trinajstić information content (AvgIpc) is 0.768. The van der Waals surface area contributed by atoms with Crippen LogP contribution in [0.3, 0.4) is 0 Å². The third-order valence-corrected chi connectivity index (χ3v) is 22.2. The van der Waals surface area contributed by atoms with Gasteiger partial charge in [-0.3, -0.25) is 0 Å². The molecular weight excluding hydrogens is 1060 g/mol. The first-order valence-corrected chi connectivity index (χ1v) is 33.2. The number of benzene rings is 9. The molecule has 0 aromatic heterocycles. The van der Waals surface area contributed by atoms with E-state index in [2.05, 4.69) is 190 Å². The highest BCUT2D eigenvalue weighted by Gasteiger charge is 2.50. The summed E-state index contributed by atoms with van der Waals surface area (Å²) < 4.78 is 21.8. The van der Waals surface area contributed by atoms with Crippen LogP contribution in [0.15, 0.2) is 133 Å². The number of hydrogen-bond acceptors (Lipinski definition) is 6. The second-order valence-corrected chi connectivity index (χ2v) is 27.8. The Labute approximate surface area is 514 Å². The lowest BCUT2D eigenvalue weighted by molar-refractivity contribution is 0.433. The minimum Gasteiger partial charge on any atom is -0.458 e. The third kappa shape index (κ3) is 7.95. The number of fused-ring (bicyclic) bond motifs is 12. The van der Waals surface area contributed by atoms with E-state index in [0.29, 0.717) is 17.8 Å². The smallest absolute Gasteiger partial charge is 0.260 e. The van der Waals surface area contributed by atoms with E-state index in [-0.39, 0.29) is 20.1 Å². The Hall–Kier alpha value is -8.03. The second-order valence-electron chi connectivity index (χ2n) is 27.8. The predicted molar refractivity (Wildman–Crippen MR) is 365 cm³/mol. The van der Waals surface area contributed by atoms with Crippen molar-refractivity contribution in [3.8, 4) is 34.5 Å². The molecule has 0 atom stereocenters. The van der Waals surface area contributed by atoms with Gasteiger partial charge in [-0.1, -0.05) is 142 Å². The molecule has 6 aliphatic heterocycles. The number of nitrogens with zero attached hydrogens (tertiary/aromatic N) is 2. The van der Waals surface area contributed by atoms with E-state index >= 15 is 0 Å². The molecule has 6 nitrogen and oxygen atoms in total. The average molecular weight is 1130 g/mol. The van der Waals surface area contributed by atoms with Gasteiger partial charge >= 0.3 is 0 Å². The van der Waals surface area contributed by atoms with Crippen LogP contribution in [0.25, 0.3) is 0 Å². The van der Waals surface area contributed by atoms with Gasteiger partial charge in [0, 0.05) is 45.7 Å². The molecule has 428 valence electrons. The highest BCUT2D eigenvalue weighted by Crippen LogP contribution is 2.52. The normalized spacial score (nSPS) is 17.7. The van der Waals surface area contributed by atoms with Gasteiger partial charge in [-0.2, -0.15) is 0 Å². The van der Waals surface area contributed by atoms with Crippen molar-refractivity contribution in [2.75, 3.05) is 15.1 Å². The van der Waals surface area contributed by atoms with E-state index in [4.69, 9.17) is 14.2 Å². The predicted octanol–water partition coefficient (Wildman–Crippen LogP) is 15.2. The van der Waals surface area contributed by atoms with Crippen LogP contribution in [-0.2, 0) is 0 Å². The van der Waals surface area contributed by atoms with Crippen LogP contribution >= 0.6 is 0 Å². The van der Waals surface area contributed by atoms with Gasteiger partial charge in [-0.25, -0.2) is 0 Å². The Bertz CT molecular complexity index is 4120. The first-order chi connectivity index (χ1) is 42.6. The molecule has 3 fully saturated rings. The van der Waals surface area contributed by atoms with Gasteiger partial charge in [-0.05, 0) is 235 Å². The number of rotatable bonds is 5. The SMILES string of the molecule is Cc1cc(C)c(N2c3cc4c(cc3B3c5cc6c(cc5N(c5c(C)cc(C)cc5C)c5cc(C7CCCCC7)cc2c53)Oc2cc(C3CCCCC3)cc3c2B6c2ccccc2O3)B2c3ccccc3Oc3cc(C5CCCCC5)cc(c32)N4)c(C)c1. The van der Waals surface area contributed by atoms with Crippen molar-refractivity contribution in [3.05, 3.63) is 184 Å². The first-order valence-electron chi connectivity index (χ1n) is 33.2. The number of anilines is 8. The molecule has 0 spiro atoms. The number of para-hydroxylation sites is 2. The molecule has 9 aromatic rings. The van der Waals surface area contributed by atoms with Crippen LogP contribution in [0.1, 0.15) is 164 Å². The van der Waals surface area contributed by atoms with Gasteiger partial charge < -0.3 is 29.3 Å². The molecule has 1 N–H and O–H groups in total. The minimum absolute atomic E-state index is 0.0331. The van der Waals surface area contributed by atoms with Crippen molar-refractivity contribution in [3.63, 3.8) is 0 Å². The van der Waals surface area contributed by atoms with Crippen LogP contribution in [0.2, 0.25) is 0 Å². The molecule has 0 saturated heterocycles. The van der Waals surface area contributed by atoms with Crippen molar-refractivity contribution >= 4 is 115 Å². The fraction of sp³-hybridized carbons (Fsp3) is 0.308. The Morgan fingerprint density at radius 2 is 0.747 bits per heavy atom. The summed E-state index contributed by atoms with van der Waals surface area (Å²) in [5.74, 6) is 7.19. The number of nitrogens with one attached hydrogen (secondary N) is 1. The van der Waals surface area contributed by atoms with Gasteiger partial charge in [0.2, 0.25) is 0 Å². The zero-order valence-electron chi connectivity index (χ0n) is 51.4. The fourth-order valence-corrected chi connectivity index (χ4v) is 18.6. The number of aryl methyl sites for hydroxylation is 6. The molecule has 0 bridgehead atoms. The highest BCUT2D eigenvalue weighted by atomic mass is 16.5. The lowest BCUT2D eigenvalue weighted by Crippen LogP contribution is -2.65. The van der Waals surface area contributed by atoms with E-state index in [1.165, 1.54) is 236 Å². The zero-order valence-corrected chi connectivity index (χ0v) is 51.4. The molecule has 3 saturated carbocycles. The molecule has 0 unspecified atom stereocenters. The number of hydrogen-bond donors (Lipinski definition) is 1. The summed E-state index contributed by atoms with van der Waals surface area (Å²) in [4.78, 5) is 5.45. The van der Waals surface area contributed by atoms with E-state index < -0.39 is 0 Å². The maximum absolute atomic E-state index is 7.59. The maximum Gasteiger partial charge on any atom is 0.260 e. The van der Waals surface area contributed by atoms with E-state index in [9.17, 15) is 0 Å². The van der Waals surface area contributed by atoms with Crippen molar-refractivity contribution in [2.45, 2.75) is 156 Å². The third-order valence-electron chi connectivity index (χ3n) is 22.2. The van der Waals surface area contributed by atoms with Crippen molar-refractivity contribution in [2.24, 2.45) is 0 Å². The van der Waals surface area contributed by atoms with Crippen molar-refractivity contribution in [1.82, 2.24) is 0 Å². The van der Waals surface area contributed by atoms with Crippen molar-refractivity contribution < 1.29 is 14.2 Å². The lowest BCUT2D eigenvalue weighted by Gasteiger charge is -2.47. The standard InChI is InChI=1S/C78H74B3N3O3/c1-44-30-46(3)77(47(4)31-44)83-64-42-62-58(79-56-26-16-18-28-68(56)85-71-37-53(34-63(82-62)74(71)79)50-20-10-7-11-21-50)40-59(64)81-60-41-61-70(87-73-39-55(52-24-14-9-15-25-52)38-72-76(73)80(61)57-27-17-19-29-69(57)86-72)43-65(60)84(78-48(5)32-45(2)33-49(78)6)67-36-54(35-66(83)75(67)81)51-22-12-8-13-23-51/h16-19,26-43,50-52,82H,7-15,20-25H2,1-6H3.